The van der Waals surface area contributed by atoms with Gasteiger partial charge in [0.25, 0.3) is 0 Å². The zero-order valence-corrected chi connectivity index (χ0v) is 23.9. The fourth-order valence-corrected chi connectivity index (χ4v) is 5.11. The first kappa shape index (κ1) is 32.5. The second-order valence-corrected chi connectivity index (χ2v) is 10.5. The number of carbonyl (C=O) groups excluding carboxylic acids is 2. The van der Waals surface area contributed by atoms with Crippen LogP contribution in [0.5, 0.6) is 46.0 Å². The number of aryl methyl sites for hydroxylation is 1. The van der Waals surface area contributed by atoms with E-state index in [-0.39, 0.29) is 11.3 Å². The summed E-state index contributed by atoms with van der Waals surface area (Å²) in [7, 11) is 0. The lowest BCUT2D eigenvalue weighted by Gasteiger charge is -2.43. The molecular weight excluding hydrogens is 632 g/mol. The van der Waals surface area contributed by atoms with E-state index in [1.807, 2.05) is 0 Å². The van der Waals surface area contributed by atoms with Gasteiger partial charge in [-0.05, 0) is 31.2 Å². The van der Waals surface area contributed by atoms with E-state index in [1.54, 1.807) is 0 Å². The molecule has 0 aliphatic carbocycles. The zero-order chi connectivity index (χ0) is 34.5. The normalized spacial score (nSPS) is 21.0. The Morgan fingerprint density at radius 3 is 1.70 bits per heavy atom. The molecule has 0 saturated carbocycles. The van der Waals surface area contributed by atoms with Crippen molar-refractivity contribution in [3.63, 3.8) is 0 Å². The van der Waals surface area contributed by atoms with Crippen LogP contribution in [0, 0.1) is 6.92 Å². The van der Waals surface area contributed by atoms with Gasteiger partial charge in [0.2, 0.25) is 0 Å². The quantitative estimate of drug-likeness (QED) is 0.102. The Morgan fingerprint density at radius 1 is 0.723 bits per heavy atom. The summed E-state index contributed by atoms with van der Waals surface area (Å²) in [6.45, 7) is 0.449. The molecule has 5 atom stereocenters. The van der Waals surface area contributed by atoms with Crippen LogP contribution in [0.3, 0.4) is 0 Å². The second-order valence-electron chi connectivity index (χ2n) is 10.5. The molecule has 1 aromatic heterocycles. The molecule has 1 aliphatic rings. The van der Waals surface area contributed by atoms with Gasteiger partial charge in [-0.1, -0.05) is 0 Å². The maximum Gasteiger partial charge on any atom is 0.338 e. The van der Waals surface area contributed by atoms with Crippen LogP contribution in [0.15, 0.2) is 45.6 Å². The number of aliphatic hydroxyl groups is 2. The third kappa shape index (κ3) is 5.81. The van der Waals surface area contributed by atoms with Crippen molar-refractivity contribution in [3.8, 4) is 46.0 Å². The van der Waals surface area contributed by atoms with Gasteiger partial charge in [0.15, 0.2) is 52.1 Å². The summed E-state index contributed by atoms with van der Waals surface area (Å²) >= 11 is 0. The Morgan fingerprint density at radius 2 is 1.21 bits per heavy atom. The largest absolute Gasteiger partial charge is 0.507 e. The maximum atomic E-state index is 13.3. The van der Waals surface area contributed by atoms with Crippen LogP contribution in [-0.2, 0) is 14.2 Å². The van der Waals surface area contributed by atoms with Crippen molar-refractivity contribution in [1.29, 1.82) is 0 Å². The van der Waals surface area contributed by atoms with E-state index in [9.17, 15) is 65.4 Å². The van der Waals surface area contributed by atoms with Crippen LogP contribution < -0.4 is 5.43 Å². The van der Waals surface area contributed by atoms with E-state index < -0.39 is 123 Å². The number of rotatable bonds is 6. The van der Waals surface area contributed by atoms with Gasteiger partial charge in [0.1, 0.15) is 46.5 Å². The minimum atomic E-state index is -2.09. The Kier molecular flexibility index (Phi) is 8.38. The van der Waals surface area contributed by atoms with Gasteiger partial charge in [-0.2, -0.15) is 0 Å². The van der Waals surface area contributed by atoms with Gasteiger partial charge >= 0.3 is 11.9 Å². The number of phenolic OH excluding ortho intramolecular Hbond substituents is 8. The van der Waals surface area contributed by atoms with Crippen molar-refractivity contribution < 1.29 is 79.3 Å². The first-order valence-electron chi connectivity index (χ1n) is 13.5. The lowest BCUT2D eigenvalue weighted by molar-refractivity contribution is -0.232. The first-order chi connectivity index (χ1) is 22.1. The SMILES string of the molecule is Cc1cc(=O)c2c(O)c(C3OC(CO)C(O)C(OC(=O)c4cc(O)c(O)c(O)c4)C3OC(=O)c3cc(O)c(O)c(O)c3)c(O)cc2o1. The number of ether oxygens (including phenoxy) is 3. The van der Waals surface area contributed by atoms with E-state index in [0.717, 1.165) is 12.1 Å². The predicted molar refractivity (Wildman–Crippen MR) is 153 cm³/mol. The number of benzene rings is 3. The highest BCUT2D eigenvalue weighted by atomic mass is 16.6. The summed E-state index contributed by atoms with van der Waals surface area (Å²) < 4.78 is 22.0. The molecule has 1 saturated heterocycles. The van der Waals surface area contributed by atoms with Crippen molar-refractivity contribution in [2.24, 2.45) is 0 Å². The molecule has 3 aromatic carbocycles. The molecule has 1 aliphatic heterocycles. The van der Waals surface area contributed by atoms with Crippen LogP contribution in [0.4, 0.5) is 0 Å². The van der Waals surface area contributed by atoms with E-state index in [1.165, 1.54) is 6.92 Å². The van der Waals surface area contributed by atoms with Gasteiger partial charge in [-0.15, -0.1) is 0 Å². The number of hydrogen-bond donors (Lipinski definition) is 10. The number of aliphatic hydroxyl groups excluding tert-OH is 2. The topological polar surface area (TPSA) is 294 Å². The average molecular weight is 659 g/mol. The van der Waals surface area contributed by atoms with Crippen molar-refractivity contribution in [3.05, 3.63) is 69.1 Å². The highest BCUT2D eigenvalue weighted by molar-refractivity contribution is 5.92. The first-order valence-corrected chi connectivity index (χ1v) is 13.5. The van der Waals surface area contributed by atoms with Gasteiger partial charge in [-0.25, -0.2) is 9.59 Å². The van der Waals surface area contributed by atoms with Gasteiger partial charge in [0, 0.05) is 12.1 Å². The summed E-state index contributed by atoms with van der Waals surface area (Å²) in [6.07, 6.45) is -9.82. The average Bonchev–Trinajstić information content (AvgIpc) is 2.99. The molecular formula is C30H26O17. The van der Waals surface area contributed by atoms with Gasteiger partial charge in [-0.3, -0.25) is 4.79 Å². The van der Waals surface area contributed by atoms with E-state index in [0.29, 0.717) is 24.3 Å². The van der Waals surface area contributed by atoms with Crippen LogP contribution in [0.25, 0.3) is 11.0 Å². The third-order valence-electron chi connectivity index (χ3n) is 7.36. The number of carbonyl (C=O) groups is 2. The Labute approximate surface area is 261 Å². The Balaban J connectivity index is 1.67. The molecule has 0 spiro atoms. The highest BCUT2D eigenvalue weighted by Gasteiger charge is 2.52. The number of esters is 2. The molecule has 1 fully saturated rings. The molecule has 4 aromatic rings. The zero-order valence-electron chi connectivity index (χ0n) is 23.9. The highest BCUT2D eigenvalue weighted by Crippen LogP contribution is 2.46. The standard InChI is InChI=1S/C30H26O17/c1-9-2-12(32)20-18(44-9)7-13(33)21(25(20)41)26-28(47-30(43)11-5-16(36)23(39)17(37)6-11)27(24(40)19(8-31)45-26)46-29(42)10-3-14(34)22(38)15(35)4-10/h2-7,19,24,26-28,31,33-41H,8H2,1H3. The molecule has 5 unspecified atom stereocenters. The van der Waals surface area contributed by atoms with Crippen molar-refractivity contribution in [2.75, 3.05) is 6.61 Å². The lowest BCUT2D eigenvalue weighted by atomic mass is 9.89. The van der Waals surface area contributed by atoms with Gasteiger partial charge < -0.3 is 69.7 Å². The van der Waals surface area contributed by atoms with Crippen molar-refractivity contribution in [2.45, 2.75) is 37.4 Å². The fourth-order valence-electron chi connectivity index (χ4n) is 5.11. The van der Waals surface area contributed by atoms with E-state index in [2.05, 4.69) is 0 Å². The Bertz CT molecular complexity index is 1920. The molecule has 17 heteroatoms. The predicted octanol–water partition coefficient (Wildman–Crippen LogP) is 0.991. The number of phenols is 8. The summed E-state index contributed by atoms with van der Waals surface area (Å²) in [4.78, 5) is 39.3. The van der Waals surface area contributed by atoms with Crippen molar-refractivity contribution in [1.82, 2.24) is 0 Å². The van der Waals surface area contributed by atoms with E-state index >= 15 is 0 Å². The monoisotopic (exact) mass is 658 g/mol. The van der Waals surface area contributed by atoms with Crippen molar-refractivity contribution >= 4 is 22.9 Å². The molecule has 17 nitrogen and oxygen atoms in total. The second kappa shape index (κ2) is 12.1. The summed E-state index contributed by atoms with van der Waals surface area (Å²) in [5, 5.41) is 102. The molecule has 10 N–H and O–H groups in total. The molecule has 0 radical (unpaired) electrons. The van der Waals surface area contributed by atoms with Crippen LogP contribution in [0.2, 0.25) is 0 Å². The van der Waals surface area contributed by atoms with E-state index in [4.69, 9.17) is 18.6 Å². The van der Waals surface area contributed by atoms with Crippen LogP contribution >= 0.6 is 0 Å². The van der Waals surface area contributed by atoms with Gasteiger partial charge in [0.05, 0.1) is 23.3 Å². The minimum absolute atomic E-state index is 0.122. The number of hydrogen-bond acceptors (Lipinski definition) is 17. The molecule has 2 heterocycles. The summed E-state index contributed by atoms with van der Waals surface area (Å²) in [5.41, 5.74) is -2.86. The Hall–Kier alpha value is -5.91. The molecule has 0 bridgehead atoms. The molecule has 47 heavy (non-hydrogen) atoms. The number of fused-ring (bicyclic) bond motifs is 1. The smallest absolute Gasteiger partial charge is 0.338 e. The fraction of sp³-hybridized carbons (Fsp3) is 0.233. The molecule has 248 valence electrons. The van der Waals surface area contributed by atoms with Crippen LogP contribution in [0.1, 0.15) is 38.1 Å². The number of aromatic hydroxyl groups is 8. The maximum absolute atomic E-state index is 13.3. The minimum Gasteiger partial charge on any atom is -0.507 e. The third-order valence-corrected chi connectivity index (χ3v) is 7.36. The summed E-state index contributed by atoms with van der Waals surface area (Å²) in [6, 6.07) is 4.71. The van der Waals surface area contributed by atoms with Crippen LogP contribution in [-0.4, -0.2) is 94.0 Å². The molecule has 0 amide bonds. The summed E-state index contributed by atoms with van der Waals surface area (Å²) in [5.74, 6) is -10.2. The lowest BCUT2D eigenvalue weighted by Crippen LogP contribution is -2.58. The molecule has 5 rings (SSSR count).